The van der Waals surface area contributed by atoms with Crippen molar-refractivity contribution in [2.75, 3.05) is 5.43 Å². The fourth-order valence-electron chi connectivity index (χ4n) is 2.80. The quantitative estimate of drug-likeness (QED) is 0.652. The number of hydrazone groups is 1. The Hall–Kier alpha value is -2.56. The van der Waals surface area contributed by atoms with Gasteiger partial charge in [-0.15, -0.1) is 0 Å². The Bertz CT molecular complexity index is 667. The fourth-order valence-corrected chi connectivity index (χ4v) is 2.80. The monoisotopic (exact) mass is 297 g/mol. The van der Waals surface area contributed by atoms with Crippen molar-refractivity contribution >= 4 is 17.9 Å². The highest BCUT2D eigenvalue weighted by molar-refractivity contribution is 5.88. The fraction of sp³-hybridized carbons (Fsp3) is 0.294. The van der Waals surface area contributed by atoms with Crippen molar-refractivity contribution in [3.63, 3.8) is 0 Å². The summed E-state index contributed by atoms with van der Waals surface area (Å²) < 4.78 is 2.27. The van der Waals surface area contributed by atoms with Crippen LogP contribution in [0.15, 0.2) is 47.8 Å². The lowest BCUT2D eigenvalue weighted by atomic mass is 10.2. The number of aromatic nitrogens is 1. The maximum Gasteiger partial charge on any atom is 0.335 e. The molecule has 1 fully saturated rings. The molecule has 1 aromatic carbocycles. The van der Waals surface area contributed by atoms with E-state index in [1.165, 1.54) is 25.7 Å². The molecule has 2 N–H and O–H groups in total. The third-order valence-corrected chi connectivity index (χ3v) is 4.02. The molecule has 0 amide bonds. The Morgan fingerprint density at radius 1 is 1.23 bits per heavy atom. The van der Waals surface area contributed by atoms with Crippen LogP contribution in [0.25, 0.3) is 0 Å². The van der Waals surface area contributed by atoms with Crippen molar-refractivity contribution in [3.8, 4) is 0 Å². The number of carbonyl (C=O) groups is 1. The normalized spacial score (nSPS) is 15.5. The van der Waals surface area contributed by atoms with Gasteiger partial charge in [0.1, 0.15) is 0 Å². The Balaban J connectivity index is 1.58. The van der Waals surface area contributed by atoms with E-state index in [0.29, 0.717) is 6.04 Å². The number of hydrogen-bond acceptors (Lipinski definition) is 3. The second-order valence-corrected chi connectivity index (χ2v) is 5.58. The molecule has 5 heteroatoms. The summed E-state index contributed by atoms with van der Waals surface area (Å²) in [7, 11) is 0. The highest BCUT2D eigenvalue weighted by Crippen LogP contribution is 2.29. The van der Waals surface area contributed by atoms with Gasteiger partial charge in [-0.25, -0.2) is 4.79 Å². The predicted octanol–water partition coefficient (Wildman–Crippen LogP) is 3.75. The lowest BCUT2D eigenvalue weighted by Gasteiger charge is -2.10. The second kappa shape index (κ2) is 6.47. The number of aromatic carboxylic acids is 1. The maximum absolute atomic E-state index is 10.8. The third kappa shape index (κ3) is 3.36. The van der Waals surface area contributed by atoms with Gasteiger partial charge in [0.25, 0.3) is 0 Å². The van der Waals surface area contributed by atoms with Crippen LogP contribution < -0.4 is 5.43 Å². The van der Waals surface area contributed by atoms with E-state index in [1.807, 2.05) is 0 Å². The number of carboxylic acids is 1. The van der Waals surface area contributed by atoms with Crippen LogP contribution >= 0.6 is 0 Å². The van der Waals surface area contributed by atoms with E-state index in [4.69, 9.17) is 5.11 Å². The highest BCUT2D eigenvalue weighted by atomic mass is 16.4. The summed E-state index contributed by atoms with van der Waals surface area (Å²) in [6.07, 6.45) is 11.2. The van der Waals surface area contributed by atoms with Gasteiger partial charge in [-0.3, -0.25) is 5.43 Å². The molecule has 0 saturated heterocycles. The molecule has 22 heavy (non-hydrogen) atoms. The zero-order valence-corrected chi connectivity index (χ0v) is 12.3. The van der Waals surface area contributed by atoms with Gasteiger partial charge < -0.3 is 9.67 Å². The molecular weight excluding hydrogens is 278 g/mol. The van der Waals surface area contributed by atoms with Gasteiger partial charge in [-0.05, 0) is 43.2 Å². The average molecular weight is 297 g/mol. The molecule has 0 atom stereocenters. The molecule has 3 rings (SSSR count). The molecular formula is C17H19N3O2. The molecule has 2 aromatic rings. The van der Waals surface area contributed by atoms with Gasteiger partial charge in [0, 0.05) is 24.0 Å². The largest absolute Gasteiger partial charge is 0.478 e. The number of anilines is 1. The SMILES string of the molecule is O=C(O)c1ccc(N/N=C/c2ccn(C3CCCC3)c2)cc1. The summed E-state index contributed by atoms with van der Waals surface area (Å²) in [4.78, 5) is 10.8. The average Bonchev–Trinajstić information content (AvgIpc) is 3.19. The van der Waals surface area contributed by atoms with Crippen molar-refractivity contribution in [1.29, 1.82) is 0 Å². The first-order chi connectivity index (χ1) is 10.7. The van der Waals surface area contributed by atoms with Gasteiger partial charge in [-0.1, -0.05) is 12.8 Å². The molecule has 0 radical (unpaired) electrons. The molecule has 0 unspecified atom stereocenters. The molecule has 1 saturated carbocycles. The Morgan fingerprint density at radius 3 is 2.64 bits per heavy atom. The number of nitrogens with zero attached hydrogens (tertiary/aromatic N) is 2. The zero-order chi connectivity index (χ0) is 15.4. The highest BCUT2D eigenvalue weighted by Gasteiger charge is 2.15. The number of carboxylic acid groups (broad SMARTS) is 1. The van der Waals surface area contributed by atoms with Crippen LogP contribution in [0.3, 0.4) is 0 Å². The number of rotatable bonds is 5. The van der Waals surface area contributed by atoms with E-state index in [0.717, 1.165) is 11.3 Å². The first-order valence-corrected chi connectivity index (χ1v) is 7.52. The van der Waals surface area contributed by atoms with Gasteiger partial charge in [0.15, 0.2) is 0 Å². The molecule has 1 aliphatic carbocycles. The van der Waals surface area contributed by atoms with E-state index in [1.54, 1.807) is 30.5 Å². The number of hydrogen-bond donors (Lipinski definition) is 2. The summed E-state index contributed by atoms with van der Waals surface area (Å²) in [5, 5.41) is 13.0. The summed E-state index contributed by atoms with van der Waals surface area (Å²) in [5.41, 5.74) is 4.99. The van der Waals surface area contributed by atoms with Crippen molar-refractivity contribution in [2.24, 2.45) is 5.10 Å². The van der Waals surface area contributed by atoms with E-state index in [-0.39, 0.29) is 5.56 Å². The van der Waals surface area contributed by atoms with Gasteiger partial charge in [0.2, 0.25) is 0 Å². The van der Waals surface area contributed by atoms with E-state index in [9.17, 15) is 4.79 Å². The standard InChI is InChI=1S/C17H19N3O2/c21-17(22)14-5-7-15(8-6-14)19-18-11-13-9-10-20(12-13)16-3-1-2-4-16/h5-12,16,19H,1-4H2,(H,21,22)/b18-11+. The minimum atomic E-state index is -0.927. The van der Waals surface area contributed by atoms with E-state index < -0.39 is 5.97 Å². The van der Waals surface area contributed by atoms with Gasteiger partial charge in [-0.2, -0.15) is 5.10 Å². The molecule has 0 aliphatic heterocycles. The van der Waals surface area contributed by atoms with E-state index in [2.05, 4.69) is 33.6 Å². The van der Waals surface area contributed by atoms with Crippen LogP contribution in [0.4, 0.5) is 5.69 Å². The molecule has 0 spiro atoms. The van der Waals surface area contributed by atoms with Crippen LogP contribution in [0.5, 0.6) is 0 Å². The number of benzene rings is 1. The van der Waals surface area contributed by atoms with Gasteiger partial charge >= 0.3 is 5.97 Å². The maximum atomic E-state index is 10.8. The Labute approximate surface area is 129 Å². The predicted molar refractivity (Wildman–Crippen MR) is 86.6 cm³/mol. The smallest absolute Gasteiger partial charge is 0.335 e. The molecule has 0 bridgehead atoms. The summed E-state index contributed by atoms with van der Waals surface area (Å²) in [5.74, 6) is -0.927. The van der Waals surface area contributed by atoms with Crippen molar-refractivity contribution in [3.05, 3.63) is 53.9 Å². The lowest BCUT2D eigenvalue weighted by Crippen LogP contribution is -2.00. The first kappa shape index (κ1) is 14.4. The lowest BCUT2D eigenvalue weighted by molar-refractivity contribution is 0.0697. The molecule has 1 aliphatic rings. The van der Waals surface area contributed by atoms with Crippen molar-refractivity contribution in [1.82, 2.24) is 4.57 Å². The van der Waals surface area contributed by atoms with Crippen LogP contribution in [-0.2, 0) is 0 Å². The third-order valence-electron chi connectivity index (χ3n) is 4.02. The minimum Gasteiger partial charge on any atom is -0.478 e. The van der Waals surface area contributed by atoms with Crippen LogP contribution in [-0.4, -0.2) is 21.9 Å². The summed E-state index contributed by atoms with van der Waals surface area (Å²) >= 11 is 0. The topological polar surface area (TPSA) is 66.6 Å². The van der Waals surface area contributed by atoms with Crippen molar-refractivity contribution < 1.29 is 9.90 Å². The van der Waals surface area contributed by atoms with Crippen LogP contribution in [0.2, 0.25) is 0 Å². The van der Waals surface area contributed by atoms with Crippen molar-refractivity contribution in [2.45, 2.75) is 31.7 Å². The van der Waals surface area contributed by atoms with Crippen LogP contribution in [0, 0.1) is 0 Å². The molecule has 1 heterocycles. The number of nitrogens with one attached hydrogen (secondary N) is 1. The minimum absolute atomic E-state index is 0.267. The van der Waals surface area contributed by atoms with Gasteiger partial charge in [0.05, 0.1) is 17.5 Å². The zero-order valence-electron chi connectivity index (χ0n) is 12.3. The molecule has 1 aromatic heterocycles. The summed E-state index contributed by atoms with van der Waals surface area (Å²) in [6.45, 7) is 0. The molecule has 114 valence electrons. The Morgan fingerprint density at radius 2 is 1.95 bits per heavy atom. The second-order valence-electron chi connectivity index (χ2n) is 5.58. The molecule has 5 nitrogen and oxygen atoms in total. The Kier molecular flexibility index (Phi) is 4.23. The van der Waals surface area contributed by atoms with E-state index >= 15 is 0 Å². The van der Waals surface area contributed by atoms with Crippen LogP contribution in [0.1, 0.15) is 47.6 Å². The summed E-state index contributed by atoms with van der Waals surface area (Å²) in [6, 6.07) is 9.19. The first-order valence-electron chi connectivity index (χ1n) is 7.52.